The van der Waals surface area contributed by atoms with E-state index in [1.165, 1.54) is 106 Å². The lowest BCUT2D eigenvalue weighted by atomic mass is 9.91. The van der Waals surface area contributed by atoms with Gasteiger partial charge >= 0.3 is 0 Å². The predicted octanol–water partition coefficient (Wildman–Crippen LogP) is 8.82. The first-order valence-corrected chi connectivity index (χ1v) is 15.6. The summed E-state index contributed by atoms with van der Waals surface area (Å²) >= 11 is 0. The van der Waals surface area contributed by atoms with Gasteiger partial charge in [-0.05, 0) is 34.6 Å². The van der Waals surface area contributed by atoms with Gasteiger partial charge in [-0.15, -0.1) is 10.2 Å². The highest BCUT2D eigenvalue weighted by atomic mass is 16.2. The van der Waals surface area contributed by atoms with Gasteiger partial charge in [-0.1, -0.05) is 143 Å². The first-order chi connectivity index (χ1) is 18.5. The second kappa shape index (κ2) is 18.9. The molecule has 0 radical (unpaired) electrons. The van der Waals surface area contributed by atoms with Gasteiger partial charge in [0.2, 0.25) is 0 Å². The summed E-state index contributed by atoms with van der Waals surface area (Å²) < 4.78 is 0. The van der Waals surface area contributed by atoms with Gasteiger partial charge in [0.15, 0.2) is 6.33 Å². The SMILES string of the molecule is CCCCCCCCCCCCCCCCCN(C(=O)Cn1ncnn1)c1c(C(C)C)cccc1C(C)C. The highest BCUT2D eigenvalue weighted by Gasteiger charge is 2.24. The van der Waals surface area contributed by atoms with Crippen molar-refractivity contribution in [1.29, 1.82) is 0 Å². The summed E-state index contributed by atoms with van der Waals surface area (Å²) in [5.41, 5.74) is 3.56. The fourth-order valence-corrected chi connectivity index (χ4v) is 5.29. The van der Waals surface area contributed by atoms with Crippen molar-refractivity contribution in [1.82, 2.24) is 20.2 Å². The number of aromatic nitrogens is 4. The summed E-state index contributed by atoms with van der Waals surface area (Å²) in [7, 11) is 0. The van der Waals surface area contributed by atoms with Crippen molar-refractivity contribution < 1.29 is 4.79 Å². The van der Waals surface area contributed by atoms with Gasteiger partial charge in [0.1, 0.15) is 6.54 Å². The molecule has 6 heteroatoms. The molecule has 0 aliphatic carbocycles. The van der Waals surface area contributed by atoms with Crippen LogP contribution in [-0.2, 0) is 11.3 Å². The first kappa shape index (κ1) is 32.0. The number of hydrogen-bond acceptors (Lipinski definition) is 4. The summed E-state index contributed by atoms with van der Waals surface area (Å²) in [6, 6.07) is 6.47. The Morgan fingerprint density at radius 2 is 1.24 bits per heavy atom. The van der Waals surface area contributed by atoms with Crippen molar-refractivity contribution in [3.8, 4) is 0 Å². The monoisotopic (exact) mass is 525 g/mol. The molecule has 2 aromatic rings. The molecule has 0 saturated carbocycles. The molecule has 0 saturated heterocycles. The molecular formula is C32H55N5O. The van der Waals surface area contributed by atoms with Crippen LogP contribution in [0.3, 0.4) is 0 Å². The minimum atomic E-state index is 0.0309. The maximum atomic E-state index is 13.5. The zero-order valence-corrected chi connectivity index (χ0v) is 25.1. The van der Waals surface area contributed by atoms with Crippen LogP contribution in [0.5, 0.6) is 0 Å². The van der Waals surface area contributed by atoms with Gasteiger partial charge in [-0.2, -0.15) is 4.80 Å². The summed E-state index contributed by atoms with van der Waals surface area (Å²) in [4.78, 5) is 16.9. The van der Waals surface area contributed by atoms with Gasteiger partial charge in [0, 0.05) is 6.54 Å². The van der Waals surface area contributed by atoms with E-state index in [0.29, 0.717) is 11.8 Å². The minimum absolute atomic E-state index is 0.0309. The highest BCUT2D eigenvalue weighted by Crippen LogP contribution is 2.36. The van der Waals surface area contributed by atoms with Gasteiger partial charge in [-0.3, -0.25) is 4.79 Å². The molecule has 0 N–H and O–H groups in total. The van der Waals surface area contributed by atoms with Crippen LogP contribution in [0.4, 0.5) is 5.69 Å². The largest absolute Gasteiger partial charge is 0.310 e. The Hall–Kier alpha value is -2.24. The van der Waals surface area contributed by atoms with Crippen LogP contribution in [0.2, 0.25) is 0 Å². The van der Waals surface area contributed by atoms with Crippen molar-refractivity contribution in [2.24, 2.45) is 0 Å². The van der Waals surface area contributed by atoms with E-state index in [1.54, 1.807) is 0 Å². The molecule has 0 fully saturated rings. The Bertz CT molecular complexity index is 852. The van der Waals surface area contributed by atoms with Crippen LogP contribution >= 0.6 is 0 Å². The Morgan fingerprint density at radius 3 is 1.66 bits per heavy atom. The Labute approximate surface area is 233 Å². The molecule has 0 bridgehead atoms. The van der Waals surface area contributed by atoms with Crippen LogP contribution in [0.15, 0.2) is 24.5 Å². The van der Waals surface area contributed by atoms with E-state index in [-0.39, 0.29) is 12.5 Å². The average Bonchev–Trinajstić information content (AvgIpc) is 3.41. The summed E-state index contributed by atoms with van der Waals surface area (Å²) in [6.07, 6.45) is 21.4. The van der Waals surface area contributed by atoms with Crippen LogP contribution in [-0.4, -0.2) is 32.7 Å². The number of hydrogen-bond donors (Lipinski definition) is 0. The van der Waals surface area contributed by atoms with Crippen LogP contribution in [0.1, 0.15) is 154 Å². The second-order valence-corrected chi connectivity index (χ2v) is 11.6. The smallest absolute Gasteiger partial charge is 0.250 e. The molecule has 6 nitrogen and oxygen atoms in total. The summed E-state index contributed by atoms with van der Waals surface area (Å²) in [5, 5.41) is 11.8. The summed E-state index contributed by atoms with van der Waals surface area (Å²) in [5.74, 6) is 0.706. The number of anilines is 1. The topological polar surface area (TPSA) is 63.9 Å². The van der Waals surface area contributed by atoms with Gasteiger partial charge < -0.3 is 4.90 Å². The molecule has 0 atom stereocenters. The molecule has 1 heterocycles. The van der Waals surface area contributed by atoms with Crippen molar-refractivity contribution in [3.63, 3.8) is 0 Å². The number of para-hydroxylation sites is 1. The number of tetrazole rings is 1. The van der Waals surface area contributed by atoms with E-state index in [1.807, 2.05) is 4.90 Å². The fourth-order valence-electron chi connectivity index (χ4n) is 5.29. The Balaban J connectivity index is 1.81. The molecule has 1 aromatic carbocycles. The Kier molecular flexibility index (Phi) is 15.9. The predicted molar refractivity (Wildman–Crippen MR) is 160 cm³/mol. The second-order valence-electron chi connectivity index (χ2n) is 11.6. The van der Waals surface area contributed by atoms with E-state index >= 15 is 0 Å². The molecule has 214 valence electrons. The third-order valence-electron chi connectivity index (χ3n) is 7.57. The van der Waals surface area contributed by atoms with E-state index < -0.39 is 0 Å². The maximum absolute atomic E-state index is 13.5. The lowest BCUT2D eigenvalue weighted by Gasteiger charge is -2.30. The third-order valence-corrected chi connectivity index (χ3v) is 7.57. The van der Waals surface area contributed by atoms with Crippen molar-refractivity contribution >= 4 is 11.6 Å². The number of unbranched alkanes of at least 4 members (excludes halogenated alkanes) is 14. The molecule has 38 heavy (non-hydrogen) atoms. The zero-order valence-electron chi connectivity index (χ0n) is 25.1. The fraction of sp³-hybridized carbons (Fsp3) is 0.750. The molecular weight excluding hydrogens is 470 g/mol. The molecule has 0 aliphatic heterocycles. The van der Waals surface area contributed by atoms with Crippen molar-refractivity contribution in [2.75, 3.05) is 11.4 Å². The van der Waals surface area contributed by atoms with E-state index in [2.05, 4.69) is 68.2 Å². The zero-order chi connectivity index (χ0) is 27.6. The standard InChI is InChI=1S/C32H55N5O/c1-6-7-8-9-10-11-12-13-14-15-16-17-18-19-20-24-36(31(38)25-37-34-26-33-35-37)32-29(27(2)3)22-21-23-30(32)28(4)5/h21-23,26-28H,6-20,24-25H2,1-5H3. The molecule has 1 amide bonds. The summed E-state index contributed by atoms with van der Waals surface area (Å²) in [6.45, 7) is 12.0. The van der Waals surface area contributed by atoms with Crippen LogP contribution in [0, 0.1) is 0 Å². The number of carbonyl (C=O) groups excluding carboxylic acids is 1. The molecule has 0 spiro atoms. The first-order valence-electron chi connectivity index (χ1n) is 15.6. The number of benzene rings is 1. The number of rotatable bonds is 21. The lowest BCUT2D eigenvalue weighted by molar-refractivity contribution is -0.119. The van der Waals surface area contributed by atoms with Crippen LogP contribution < -0.4 is 4.90 Å². The quantitative estimate of drug-likeness (QED) is 0.153. The maximum Gasteiger partial charge on any atom is 0.250 e. The molecule has 1 aromatic heterocycles. The van der Waals surface area contributed by atoms with Crippen molar-refractivity contribution in [3.05, 3.63) is 35.7 Å². The highest BCUT2D eigenvalue weighted by molar-refractivity contribution is 5.95. The van der Waals surface area contributed by atoms with E-state index in [4.69, 9.17) is 0 Å². The number of carbonyl (C=O) groups is 1. The number of nitrogens with zero attached hydrogens (tertiary/aromatic N) is 5. The molecule has 0 unspecified atom stereocenters. The van der Waals surface area contributed by atoms with Crippen molar-refractivity contribution in [2.45, 2.75) is 149 Å². The molecule has 2 rings (SSSR count). The van der Waals surface area contributed by atoms with Gasteiger partial charge in [0.25, 0.3) is 5.91 Å². The molecule has 0 aliphatic rings. The van der Waals surface area contributed by atoms with Crippen LogP contribution in [0.25, 0.3) is 0 Å². The van der Waals surface area contributed by atoms with E-state index in [0.717, 1.165) is 25.1 Å². The average molecular weight is 526 g/mol. The third kappa shape index (κ3) is 11.7. The lowest BCUT2D eigenvalue weighted by Crippen LogP contribution is -2.37. The minimum Gasteiger partial charge on any atom is -0.310 e. The van der Waals surface area contributed by atoms with E-state index in [9.17, 15) is 4.79 Å². The normalized spacial score (nSPS) is 11.6. The Morgan fingerprint density at radius 1 is 0.763 bits per heavy atom. The number of amides is 1. The van der Waals surface area contributed by atoms with Gasteiger partial charge in [0.05, 0.1) is 5.69 Å². The van der Waals surface area contributed by atoms with Gasteiger partial charge in [-0.25, -0.2) is 0 Å².